The lowest BCUT2D eigenvalue weighted by Gasteiger charge is -2.28. The molecule has 0 saturated heterocycles. The number of thiophene rings is 1. The molecule has 136 valence electrons. The second-order valence-electron chi connectivity index (χ2n) is 7.35. The van der Waals surface area contributed by atoms with Crippen molar-refractivity contribution >= 4 is 23.0 Å². The number of carbonyl (C=O) groups is 2. The van der Waals surface area contributed by atoms with E-state index in [4.69, 9.17) is 0 Å². The van der Waals surface area contributed by atoms with Crippen LogP contribution in [0.3, 0.4) is 0 Å². The first kappa shape index (κ1) is 18.2. The molecule has 1 atom stereocenters. The molecular weight excluding hydrogens is 350 g/mol. The number of carbonyl (C=O) groups excluding carboxylic acids is 2. The summed E-state index contributed by atoms with van der Waals surface area (Å²) in [6.45, 7) is 5.58. The van der Waals surface area contributed by atoms with Crippen molar-refractivity contribution in [2.45, 2.75) is 33.4 Å². The van der Waals surface area contributed by atoms with Crippen LogP contribution < -0.4 is 0 Å². The molecule has 0 spiro atoms. The van der Waals surface area contributed by atoms with Gasteiger partial charge in [0.15, 0.2) is 11.5 Å². The zero-order valence-corrected chi connectivity index (χ0v) is 15.7. The van der Waals surface area contributed by atoms with Gasteiger partial charge in [-0.2, -0.15) is 0 Å². The zero-order valence-electron chi connectivity index (χ0n) is 14.9. The van der Waals surface area contributed by atoms with Crippen LogP contribution in [-0.4, -0.2) is 26.8 Å². The van der Waals surface area contributed by atoms with Crippen LogP contribution in [-0.2, 0) is 16.1 Å². The Kier molecular flexibility index (Phi) is 4.63. The summed E-state index contributed by atoms with van der Waals surface area (Å²) in [4.78, 5) is 28.2. The van der Waals surface area contributed by atoms with Gasteiger partial charge in [-0.3, -0.25) is 9.59 Å². The van der Waals surface area contributed by atoms with Crippen LogP contribution in [0.1, 0.15) is 37.3 Å². The Morgan fingerprint density at radius 3 is 2.35 bits per heavy atom. The number of ketones is 1. The zero-order chi connectivity index (χ0) is 19.1. The third-order valence-corrected chi connectivity index (χ3v) is 5.21. The van der Waals surface area contributed by atoms with Gasteiger partial charge in [-0.1, -0.05) is 39.0 Å². The van der Waals surface area contributed by atoms with Crippen LogP contribution in [0.4, 0.5) is 0 Å². The van der Waals surface area contributed by atoms with E-state index in [1.807, 2.05) is 17.5 Å². The highest BCUT2D eigenvalue weighted by Crippen LogP contribution is 2.42. The fraction of sp³-hybridized carbons (Fsp3) is 0.300. The molecule has 2 aromatic rings. The van der Waals surface area contributed by atoms with Gasteiger partial charge in [-0.05, 0) is 29.1 Å². The molecule has 6 heteroatoms. The van der Waals surface area contributed by atoms with E-state index in [0.29, 0.717) is 12.1 Å². The van der Waals surface area contributed by atoms with Gasteiger partial charge < -0.3 is 15.1 Å². The third-order valence-electron chi connectivity index (χ3n) is 4.34. The number of phenols is 1. The van der Waals surface area contributed by atoms with E-state index in [1.54, 1.807) is 32.9 Å². The smallest absolute Gasteiger partial charge is 0.290 e. The van der Waals surface area contributed by atoms with Crippen LogP contribution in [0.2, 0.25) is 0 Å². The highest BCUT2D eigenvalue weighted by atomic mass is 32.1. The Bertz CT molecular complexity index is 860. The number of hydrogen-bond donors (Lipinski definition) is 2. The lowest BCUT2D eigenvalue weighted by molar-refractivity contribution is -0.130. The summed E-state index contributed by atoms with van der Waals surface area (Å²) in [6.07, 6.45) is 0. The molecule has 1 amide bonds. The number of aliphatic hydroxyl groups excluding tert-OH is 1. The SMILES string of the molecule is CC(C)(C)C(=O)C1=C(O)C(=O)N(Cc2cccs2)C1c1ccc(O)cc1. The highest BCUT2D eigenvalue weighted by Gasteiger charge is 2.45. The fourth-order valence-electron chi connectivity index (χ4n) is 3.03. The first-order valence-corrected chi connectivity index (χ1v) is 9.18. The van der Waals surface area contributed by atoms with E-state index in [9.17, 15) is 19.8 Å². The van der Waals surface area contributed by atoms with E-state index < -0.39 is 23.1 Å². The molecule has 1 aliphatic rings. The number of aliphatic hydroxyl groups is 1. The summed E-state index contributed by atoms with van der Waals surface area (Å²) in [5.74, 6) is -1.21. The third kappa shape index (κ3) is 3.24. The Morgan fingerprint density at radius 2 is 1.81 bits per heavy atom. The van der Waals surface area contributed by atoms with Gasteiger partial charge in [-0.15, -0.1) is 11.3 Å². The van der Waals surface area contributed by atoms with E-state index in [-0.39, 0.29) is 17.1 Å². The molecule has 2 heterocycles. The molecule has 1 aromatic heterocycles. The van der Waals surface area contributed by atoms with Crippen molar-refractivity contribution in [2.75, 3.05) is 0 Å². The van der Waals surface area contributed by atoms with Crippen LogP contribution in [0, 0.1) is 5.41 Å². The van der Waals surface area contributed by atoms with Gasteiger partial charge in [-0.25, -0.2) is 0 Å². The van der Waals surface area contributed by atoms with Gasteiger partial charge in [0.2, 0.25) is 0 Å². The van der Waals surface area contributed by atoms with Crippen molar-refractivity contribution in [1.82, 2.24) is 4.90 Å². The normalized spacial score (nSPS) is 17.9. The summed E-state index contributed by atoms with van der Waals surface area (Å²) in [7, 11) is 0. The molecule has 0 radical (unpaired) electrons. The predicted molar refractivity (Wildman–Crippen MR) is 99.8 cm³/mol. The number of phenolic OH excluding ortho intramolecular Hbond substituents is 1. The van der Waals surface area contributed by atoms with Crippen LogP contribution >= 0.6 is 11.3 Å². The van der Waals surface area contributed by atoms with Gasteiger partial charge in [0.05, 0.1) is 18.2 Å². The quantitative estimate of drug-likeness (QED) is 0.853. The molecule has 0 bridgehead atoms. The first-order chi connectivity index (χ1) is 12.2. The largest absolute Gasteiger partial charge is 0.508 e. The van der Waals surface area contributed by atoms with E-state index in [1.165, 1.54) is 28.4 Å². The van der Waals surface area contributed by atoms with Crippen molar-refractivity contribution in [2.24, 2.45) is 5.41 Å². The van der Waals surface area contributed by atoms with Crippen LogP contribution in [0.5, 0.6) is 5.75 Å². The van der Waals surface area contributed by atoms with Crippen LogP contribution in [0.15, 0.2) is 53.1 Å². The van der Waals surface area contributed by atoms with Crippen molar-refractivity contribution in [3.8, 4) is 5.75 Å². The van der Waals surface area contributed by atoms with E-state index in [0.717, 1.165) is 4.88 Å². The molecule has 2 N–H and O–H groups in total. The number of hydrogen-bond acceptors (Lipinski definition) is 5. The molecule has 1 aromatic carbocycles. The Labute approximate surface area is 156 Å². The molecular formula is C20H21NO4S. The number of benzene rings is 1. The maximum absolute atomic E-state index is 13.0. The number of amides is 1. The maximum atomic E-state index is 13.0. The van der Waals surface area contributed by atoms with Crippen molar-refractivity contribution in [1.29, 1.82) is 0 Å². The molecule has 5 nitrogen and oxygen atoms in total. The van der Waals surface area contributed by atoms with E-state index >= 15 is 0 Å². The molecule has 1 aliphatic heterocycles. The summed E-state index contributed by atoms with van der Waals surface area (Å²) in [6, 6.07) is 9.48. The lowest BCUT2D eigenvalue weighted by Crippen LogP contribution is -2.32. The van der Waals surface area contributed by atoms with Gasteiger partial charge in [0.1, 0.15) is 5.75 Å². The number of rotatable bonds is 4. The predicted octanol–water partition coefficient (Wildman–Crippen LogP) is 3.96. The second-order valence-corrected chi connectivity index (χ2v) is 8.38. The van der Waals surface area contributed by atoms with Crippen molar-refractivity contribution in [3.63, 3.8) is 0 Å². The second kappa shape index (κ2) is 6.61. The monoisotopic (exact) mass is 371 g/mol. The van der Waals surface area contributed by atoms with E-state index in [2.05, 4.69) is 0 Å². The van der Waals surface area contributed by atoms with Crippen LogP contribution in [0.25, 0.3) is 0 Å². The van der Waals surface area contributed by atoms with Gasteiger partial charge in [0, 0.05) is 10.3 Å². The standard InChI is InChI=1S/C20H21NO4S/c1-20(2,3)18(24)15-16(12-6-8-13(22)9-7-12)21(19(25)17(15)23)11-14-5-4-10-26-14/h4-10,16,22-23H,11H2,1-3H3. The molecule has 0 aliphatic carbocycles. The van der Waals surface area contributed by atoms with Gasteiger partial charge in [0.25, 0.3) is 5.91 Å². The minimum absolute atomic E-state index is 0.0970. The summed E-state index contributed by atoms with van der Waals surface area (Å²) in [5, 5.41) is 22.0. The lowest BCUT2D eigenvalue weighted by atomic mass is 9.82. The fourth-order valence-corrected chi connectivity index (χ4v) is 3.73. The maximum Gasteiger partial charge on any atom is 0.290 e. The Hall–Kier alpha value is -2.60. The molecule has 0 saturated carbocycles. The van der Waals surface area contributed by atoms with Gasteiger partial charge >= 0.3 is 0 Å². The first-order valence-electron chi connectivity index (χ1n) is 8.30. The van der Waals surface area contributed by atoms with Crippen molar-refractivity contribution < 1.29 is 19.8 Å². The molecule has 0 fully saturated rings. The average Bonchev–Trinajstić information content (AvgIpc) is 3.17. The minimum Gasteiger partial charge on any atom is -0.508 e. The minimum atomic E-state index is -0.738. The number of aromatic hydroxyl groups is 1. The van der Waals surface area contributed by atoms with Crippen molar-refractivity contribution in [3.05, 3.63) is 63.6 Å². The Balaban J connectivity index is 2.09. The summed E-state index contributed by atoms with van der Waals surface area (Å²) in [5.41, 5.74) is 0.0478. The number of nitrogens with zero attached hydrogens (tertiary/aromatic N) is 1. The number of Topliss-reactive ketones (excluding diaryl/α,β-unsaturated/α-hetero) is 1. The average molecular weight is 371 g/mol. The highest BCUT2D eigenvalue weighted by molar-refractivity contribution is 7.09. The summed E-state index contributed by atoms with van der Waals surface area (Å²) >= 11 is 1.51. The molecule has 3 rings (SSSR count). The molecule has 26 heavy (non-hydrogen) atoms. The summed E-state index contributed by atoms with van der Waals surface area (Å²) < 4.78 is 0. The Morgan fingerprint density at radius 1 is 1.15 bits per heavy atom. The topological polar surface area (TPSA) is 77.8 Å². The molecule has 1 unspecified atom stereocenters.